The molecule has 2 aromatic rings. The van der Waals surface area contributed by atoms with Crippen molar-refractivity contribution in [2.45, 2.75) is 13.0 Å². The van der Waals surface area contributed by atoms with Crippen molar-refractivity contribution in [1.82, 2.24) is 15.2 Å². The number of carbonyl (C=O) groups excluding carboxylic acids is 1. The maximum atomic E-state index is 12.0. The van der Waals surface area contributed by atoms with Crippen LogP contribution in [-0.4, -0.2) is 54.6 Å². The van der Waals surface area contributed by atoms with Crippen molar-refractivity contribution in [2.75, 3.05) is 32.7 Å². The van der Waals surface area contributed by atoms with Gasteiger partial charge >= 0.3 is 0 Å². The van der Waals surface area contributed by atoms with Crippen LogP contribution < -0.4 is 5.43 Å². The standard InChI is InChI=1S/C21H25ClN4O/c22-20-8-6-18(7-9-20)16-23-24-21(27)10-11-25-12-14-26(15-13-25)17-19-4-2-1-3-5-19/h1-9,16H,10-15,17H2,(H,24,27)/b23-16-. The summed E-state index contributed by atoms with van der Waals surface area (Å²) in [6.45, 7) is 5.81. The summed E-state index contributed by atoms with van der Waals surface area (Å²) >= 11 is 5.84. The van der Waals surface area contributed by atoms with Gasteiger partial charge in [-0.1, -0.05) is 54.1 Å². The van der Waals surface area contributed by atoms with E-state index in [9.17, 15) is 4.79 Å². The minimum absolute atomic E-state index is 0.0630. The number of hydrogen-bond donors (Lipinski definition) is 1. The zero-order chi connectivity index (χ0) is 18.9. The van der Waals surface area contributed by atoms with Crippen molar-refractivity contribution in [1.29, 1.82) is 0 Å². The van der Waals surface area contributed by atoms with E-state index < -0.39 is 0 Å². The summed E-state index contributed by atoms with van der Waals surface area (Å²) in [5, 5.41) is 4.68. The van der Waals surface area contributed by atoms with Gasteiger partial charge < -0.3 is 4.90 Å². The Labute approximate surface area is 165 Å². The first kappa shape index (κ1) is 19.5. The first-order chi connectivity index (χ1) is 13.2. The summed E-state index contributed by atoms with van der Waals surface area (Å²) in [5.74, 6) is -0.0630. The van der Waals surface area contributed by atoms with Gasteiger partial charge in [-0.15, -0.1) is 0 Å². The number of benzene rings is 2. The number of nitrogens with zero attached hydrogens (tertiary/aromatic N) is 3. The summed E-state index contributed by atoms with van der Waals surface area (Å²) in [5.41, 5.74) is 4.84. The molecule has 2 aromatic carbocycles. The van der Waals surface area contributed by atoms with Crippen molar-refractivity contribution in [3.05, 3.63) is 70.7 Å². The molecule has 1 saturated heterocycles. The van der Waals surface area contributed by atoms with Gasteiger partial charge in [0.1, 0.15) is 0 Å². The number of piperazine rings is 1. The Bertz CT molecular complexity index is 741. The minimum Gasteiger partial charge on any atom is -0.300 e. The third kappa shape index (κ3) is 6.79. The Balaban J connectivity index is 1.32. The number of hydrogen-bond acceptors (Lipinski definition) is 4. The quantitative estimate of drug-likeness (QED) is 0.589. The predicted octanol–water partition coefficient (Wildman–Crippen LogP) is 3.00. The molecule has 0 bridgehead atoms. The fourth-order valence-electron chi connectivity index (χ4n) is 3.06. The van der Waals surface area contributed by atoms with Gasteiger partial charge in [-0.2, -0.15) is 5.10 Å². The van der Waals surface area contributed by atoms with Crippen LogP contribution in [0.1, 0.15) is 17.5 Å². The maximum Gasteiger partial charge on any atom is 0.241 e. The van der Waals surface area contributed by atoms with Crippen LogP contribution in [-0.2, 0) is 11.3 Å². The molecule has 0 radical (unpaired) electrons. The SMILES string of the molecule is O=C(CCN1CCN(Cc2ccccc2)CC1)N/N=C\c1ccc(Cl)cc1. The molecule has 1 amide bonds. The van der Waals surface area contributed by atoms with Crippen molar-refractivity contribution in [3.8, 4) is 0 Å². The summed E-state index contributed by atoms with van der Waals surface area (Å²) in [6, 6.07) is 17.8. The molecule has 1 heterocycles. The van der Waals surface area contributed by atoms with Crippen LogP contribution in [0.15, 0.2) is 59.7 Å². The van der Waals surface area contributed by atoms with Gasteiger partial charge in [0.05, 0.1) is 6.21 Å². The van der Waals surface area contributed by atoms with E-state index in [2.05, 4.69) is 44.6 Å². The zero-order valence-electron chi connectivity index (χ0n) is 15.4. The van der Waals surface area contributed by atoms with E-state index in [1.165, 1.54) is 5.56 Å². The molecule has 142 valence electrons. The van der Waals surface area contributed by atoms with Crippen molar-refractivity contribution >= 4 is 23.7 Å². The molecule has 1 N–H and O–H groups in total. The molecule has 0 saturated carbocycles. The number of amides is 1. The fraction of sp³-hybridized carbons (Fsp3) is 0.333. The molecule has 1 aliphatic heterocycles. The van der Waals surface area contributed by atoms with Crippen LogP contribution in [0.2, 0.25) is 5.02 Å². The lowest BCUT2D eigenvalue weighted by Gasteiger charge is -2.34. The summed E-state index contributed by atoms with van der Waals surface area (Å²) in [7, 11) is 0. The molecule has 0 unspecified atom stereocenters. The highest BCUT2D eigenvalue weighted by Gasteiger charge is 2.17. The maximum absolute atomic E-state index is 12.0. The molecule has 1 fully saturated rings. The Hall–Kier alpha value is -2.21. The van der Waals surface area contributed by atoms with E-state index in [1.54, 1.807) is 18.3 Å². The van der Waals surface area contributed by atoms with E-state index in [1.807, 2.05) is 18.2 Å². The van der Waals surface area contributed by atoms with Crippen molar-refractivity contribution < 1.29 is 4.79 Å². The third-order valence-corrected chi connectivity index (χ3v) is 4.89. The molecular formula is C21H25ClN4O. The van der Waals surface area contributed by atoms with Crippen LogP contribution in [0.3, 0.4) is 0 Å². The zero-order valence-corrected chi connectivity index (χ0v) is 16.1. The summed E-state index contributed by atoms with van der Waals surface area (Å²) in [6.07, 6.45) is 2.08. The molecule has 1 aliphatic rings. The number of halogens is 1. The van der Waals surface area contributed by atoms with Gasteiger partial charge in [-0.25, -0.2) is 5.43 Å². The highest BCUT2D eigenvalue weighted by molar-refractivity contribution is 6.30. The van der Waals surface area contributed by atoms with Gasteiger partial charge in [0.2, 0.25) is 5.91 Å². The number of hydrazone groups is 1. The monoisotopic (exact) mass is 384 g/mol. The van der Waals surface area contributed by atoms with Crippen LogP contribution in [0.4, 0.5) is 0 Å². The lowest BCUT2D eigenvalue weighted by molar-refractivity contribution is -0.121. The van der Waals surface area contributed by atoms with E-state index in [-0.39, 0.29) is 5.91 Å². The molecule has 6 heteroatoms. The molecular weight excluding hydrogens is 360 g/mol. The smallest absolute Gasteiger partial charge is 0.241 e. The molecule has 0 atom stereocenters. The van der Waals surface area contributed by atoms with Crippen LogP contribution in [0.25, 0.3) is 0 Å². The predicted molar refractivity (Wildman–Crippen MR) is 110 cm³/mol. The number of rotatable bonds is 7. The Kier molecular flexibility index (Phi) is 7.39. The highest BCUT2D eigenvalue weighted by atomic mass is 35.5. The Morgan fingerprint density at radius 3 is 2.37 bits per heavy atom. The largest absolute Gasteiger partial charge is 0.300 e. The van der Waals surface area contributed by atoms with Gasteiger partial charge in [-0.3, -0.25) is 9.69 Å². The average Bonchev–Trinajstić information content (AvgIpc) is 2.70. The topological polar surface area (TPSA) is 47.9 Å². The molecule has 5 nitrogen and oxygen atoms in total. The van der Waals surface area contributed by atoms with E-state index >= 15 is 0 Å². The van der Waals surface area contributed by atoms with Crippen LogP contribution in [0, 0.1) is 0 Å². The first-order valence-corrected chi connectivity index (χ1v) is 9.63. The number of carbonyl (C=O) groups is 1. The van der Waals surface area contributed by atoms with E-state index in [0.29, 0.717) is 11.4 Å². The normalized spacial score (nSPS) is 15.9. The summed E-state index contributed by atoms with van der Waals surface area (Å²) < 4.78 is 0. The lowest BCUT2D eigenvalue weighted by Crippen LogP contribution is -2.46. The Morgan fingerprint density at radius 1 is 1.00 bits per heavy atom. The molecule has 0 spiro atoms. The highest BCUT2D eigenvalue weighted by Crippen LogP contribution is 2.09. The molecule has 0 aliphatic carbocycles. The lowest BCUT2D eigenvalue weighted by atomic mass is 10.2. The van der Waals surface area contributed by atoms with E-state index in [4.69, 9.17) is 11.6 Å². The van der Waals surface area contributed by atoms with Crippen LogP contribution >= 0.6 is 11.6 Å². The van der Waals surface area contributed by atoms with Crippen molar-refractivity contribution in [2.24, 2.45) is 5.10 Å². The third-order valence-electron chi connectivity index (χ3n) is 4.64. The molecule has 3 rings (SSSR count). The molecule has 27 heavy (non-hydrogen) atoms. The first-order valence-electron chi connectivity index (χ1n) is 9.25. The minimum atomic E-state index is -0.0630. The Morgan fingerprint density at radius 2 is 1.67 bits per heavy atom. The second-order valence-electron chi connectivity index (χ2n) is 6.70. The van der Waals surface area contributed by atoms with Gasteiger partial charge in [0.15, 0.2) is 0 Å². The number of nitrogens with one attached hydrogen (secondary N) is 1. The van der Waals surface area contributed by atoms with Gasteiger partial charge in [0.25, 0.3) is 0 Å². The average molecular weight is 385 g/mol. The van der Waals surface area contributed by atoms with Crippen molar-refractivity contribution in [3.63, 3.8) is 0 Å². The van der Waals surface area contributed by atoms with Crippen LogP contribution in [0.5, 0.6) is 0 Å². The van der Waals surface area contributed by atoms with Gasteiger partial charge in [0, 0.05) is 50.7 Å². The molecule has 0 aromatic heterocycles. The van der Waals surface area contributed by atoms with E-state index in [0.717, 1.165) is 44.8 Å². The second kappa shape index (κ2) is 10.2. The fourth-order valence-corrected chi connectivity index (χ4v) is 3.18. The second-order valence-corrected chi connectivity index (χ2v) is 7.13. The van der Waals surface area contributed by atoms with Gasteiger partial charge in [-0.05, 0) is 23.3 Å². The summed E-state index contributed by atoms with van der Waals surface area (Å²) in [4.78, 5) is 16.8.